The second-order valence-corrected chi connectivity index (χ2v) is 4.78. The summed E-state index contributed by atoms with van der Waals surface area (Å²) in [6.07, 6.45) is -0.959. The maximum absolute atomic E-state index is 11.6. The van der Waals surface area contributed by atoms with Gasteiger partial charge in [0.15, 0.2) is 0 Å². The van der Waals surface area contributed by atoms with Gasteiger partial charge in [-0.05, 0) is 28.7 Å². The molecule has 0 aliphatic carbocycles. The van der Waals surface area contributed by atoms with Gasteiger partial charge in [0.1, 0.15) is 6.10 Å². The summed E-state index contributed by atoms with van der Waals surface area (Å²) in [7, 11) is 0. The molecule has 0 fully saturated rings. The van der Waals surface area contributed by atoms with Crippen molar-refractivity contribution in [3.8, 4) is 0 Å². The van der Waals surface area contributed by atoms with Crippen molar-refractivity contribution < 1.29 is 14.6 Å². The zero-order valence-corrected chi connectivity index (χ0v) is 12.9. The van der Waals surface area contributed by atoms with Gasteiger partial charge in [0.25, 0.3) is 0 Å². The van der Waals surface area contributed by atoms with E-state index in [0.29, 0.717) is 12.2 Å². The molecule has 0 spiro atoms. The first-order valence-electron chi connectivity index (χ1n) is 5.01. The molecule has 0 heterocycles. The first-order chi connectivity index (χ1) is 8.10. The number of carbonyl (C=O) groups excluding carboxylic acids is 1. The van der Waals surface area contributed by atoms with Crippen LogP contribution in [0.5, 0.6) is 0 Å². The van der Waals surface area contributed by atoms with Crippen LogP contribution in [0.1, 0.15) is 18.6 Å². The lowest BCUT2D eigenvalue weighted by Gasteiger charge is -2.13. The molecule has 0 aliphatic rings. The molecule has 92 valence electrons. The Morgan fingerprint density at radius 1 is 1.53 bits per heavy atom. The number of carbonyl (C=O) groups is 1. The molecule has 5 heteroatoms. The van der Waals surface area contributed by atoms with Gasteiger partial charge in [0, 0.05) is 4.47 Å². The molecule has 0 saturated carbocycles. The van der Waals surface area contributed by atoms with Crippen molar-refractivity contribution in [2.45, 2.75) is 13.0 Å². The lowest BCUT2D eigenvalue weighted by Crippen LogP contribution is -2.14. The van der Waals surface area contributed by atoms with Gasteiger partial charge in [-0.2, -0.15) is 0 Å². The van der Waals surface area contributed by atoms with E-state index in [0.717, 1.165) is 4.47 Å². The van der Waals surface area contributed by atoms with Crippen molar-refractivity contribution in [2.75, 3.05) is 6.61 Å². The quantitative estimate of drug-likeness (QED) is 0.470. The van der Waals surface area contributed by atoms with E-state index in [2.05, 4.69) is 15.9 Å². The Bertz CT molecular complexity index is 414. The van der Waals surface area contributed by atoms with Gasteiger partial charge < -0.3 is 9.84 Å². The van der Waals surface area contributed by atoms with Crippen LogP contribution < -0.4 is 0 Å². The highest BCUT2D eigenvalue weighted by Gasteiger charge is 2.20. The molecule has 0 radical (unpaired) electrons. The molecule has 0 bridgehead atoms. The largest absolute Gasteiger partial charge is 0.463 e. The average molecular weight is 411 g/mol. The number of hydrogen-bond donors (Lipinski definition) is 1. The molecule has 0 aliphatic heterocycles. The molecule has 1 aromatic rings. The third kappa shape index (κ3) is 4.08. The van der Waals surface area contributed by atoms with Gasteiger partial charge in [0.2, 0.25) is 0 Å². The third-order valence-electron chi connectivity index (χ3n) is 2.11. The molecule has 17 heavy (non-hydrogen) atoms. The highest BCUT2D eigenvalue weighted by molar-refractivity contribution is 14.1. The van der Waals surface area contributed by atoms with Crippen LogP contribution in [0.4, 0.5) is 0 Å². The summed E-state index contributed by atoms with van der Waals surface area (Å²) >= 11 is 5.23. The topological polar surface area (TPSA) is 46.5 Å². The zero-order chi connectivity index (χ0) is 12.8. The minimum Gasteiger partial charge on any atom is -0.463 e. The SMILES string of the molecule is CCOC(=O)/C(=C/I)C(O)c1ccc(Br)cc1. The van der Waals surface area contributed by atoms with Gasteiger partial charge in [-0.1, -0.05) is 50.7 Å². The summed E-state index contributed by atoms with van der Waals surface area (Å²) in [5.74, 6) is -0.489. The molecule has 1 atom stereocenters. The van der Waals surface area contributed by atoms with E-state index in [4.69, 9.17) is 4.74 Å². The van der Waals surface area contributed by atoms with Gasteiger partial charge in [-0.15, -0.1) is 0 Å². The zero-order valence-electron chi connectivity index (χ0n) is 9.19. The number of aliphatic hydroxyl groups excluding tert-OH is 1. The lowest BCUT2D eigenvalue weighted by molar-refractivity contribution is -0.139. The van der Waals surface area contributed by atoms with E-state index in [-0.39, 0.29) is 5.57 Å². The normalized spacial score (nSPS) is 13.3. The molecule has 0 saturated heterocycles. The molecule has 1 aromatic carbocycles. The molecule has 0 amide bonds. The van der Waals surface area contributed by atoms with Crippen LogP contribution in [-0.4, -0.2) is 17.7 Å². The van der Waals surface area contributed by atoms with Crippen LogP contribution in [0.3, 0.4) is 0 Å². The van der Waals surface area contributed by atoms with Gasteiger partial charge in [-0.25, -0.2) is 4.79 Å². The standard InChI is InChI=1S/C12H12BrIO3/c1-2-17-12(16)10(7-14)11(15)8-3-5-9(13)6-4-8/h3-7,11,15H,2H2,1H3/b10-7+. The fourth-order valence-electron chi connectivity index (χ4n) is 1.25. The van der Waals surface area contributed by atoms with E-state index in [1.165, 1.54) is 0 Å². The van der Waals surface area contributed by atoms with Gasteiger partial charge in [-0.3, -0.25) is 0 Å². The number of esters is 1. The minimum absolute atomic E-state index is 0.245. The highest BCUT2D eigenvalue weighted by Crippen LogP contribution is 2.25. The third-order valence-corrected chi connectivity index (χ3v) is 3.31. The maximum atomic E-state index is 11.6. The van der Waals surface area contributed by atoms with Crippen molar-refractivity contribution in [2.24, 2.45) is 0 Å². The first-order valence-corrected chi connectivity index (χ1v) is 7.05. The average Bonchev–Trinajstić information content (AvgIpc) is 2.31. The summed E-state index contributed by atoms with van der Waals surface area (Å²) < 4.78 is 7.35. The molecular weight excluding hydrogens is 399 g/mol. The summed E-state index contributed by atoms with van der Waals surface area (Å²) in [4.78, 5) is 11.6. The van der Waals surface area contributed by atoms with E-state index < -0.39 is 12.1 Å². The predicted octanol–water partition coefficient (Wildman–Crippen LogP) is 3.36. The summed E-state index contributed by atoms with van der Waals surface area (Å²) in [5.41, 5.74) is 0.902. The summed E-state index contributed by atoms with van der Waals surface area (Å²) in [6.45, 7) is 2.02. The molecule has 1 unspecified atom stereocenters. The van der Waals surface area contributed by atoms with Crippen molar-refractivity contribution in [1.82, 2.24) is 0 Å². The number of rotatable bonds is 4. The number of aliphatic hydroxyl groups is 1. The highest BCUT2D eigenvalue weighted by atomic mass is 127. The first kappa shape index (κ1) is 14.7. The van der Waals surface area contributed by atoms with Crippen LogP contribution in [0, 0.1) is 0 Å². The Morgan fingerprint density at radius 2 is 2.12 bits per heavy atom. The molecule has 1 N–H and O–H groups in total. The Kier molecular flexibility index (Phi) is 6.15. The number of benzene rings is 1. The summed E-state index contributed by atoms with van der Waals surface area (Å²) in [5, 5.41) is 10.1. The number of halogens is 2. The Labute approximate surface area is 122 Å². The van der Waals surface area contributed by atoms with Crippen molar-refractivity contribution in [1.29, 1.82) is 0 Å². The van der Waals surface area contributed by atoms with E-state index in [9.17, 15) is 9.90 Å². The van der Waals surface area contributed by atoms with Crippen LogP contribution >= 0.6 is 38.5 Å². The number of hydrogen-bond acceptors (Lipinski definition) is 3. The lowest BCUT2D eigenvalue weighted by atomic mass is 10.0. The predicted molar refractivity (Wildman–Crippen MR) is 77.8 cm³/mol. The van der Waals surface area contributed by atoms with Crippen LogP contribution in [-0.2, 0) is 9.53 Å². The fraction of sp³-hybridized carbons (Fsp3) is 0.250. The Balaban J connectivity index is 2.90. The monoisotopic (exact) mass is 410 g/mol. The van der Waals surface area contributed by atoms with Gasteiger partial charge in [0.05, 0.1) is 12.2 Å². The van der Waals surface area contributed by atoms with Crippen LogP contribution in [0.25, 0.3) is 0 Å². The van der Waals surface area contributed by atoms with Crippen LogP contribution in [0.15, 0.2) is 38.4 Å². The van der Waals surface area contributed by atoms with Gasteiger partial charge >= 0.3 is 5.97 Å². The van der Waals surface area contributed by atoms with E-state index in [1.54, 1.807) is 23.1 Å². The maximum Gasteiger partial charge on any atom is 0.337 e. The Hall–Kier alpha value is -0.400. The van der Waals surface area contributed by atoms with E-state index in [1.807, 2.05) is 34.7 Å². The second kappa shape index (κ2) is 7.13. The van der Waals surface area contributed by atoms with Crippen molar-refractivity contribution >= 4 is 44.5 Å². The fourth-order valence-corrected chi connectivity index (χ4v) is 2.11. The molecule has 3 nitrogen and oxygen atoms in total. The number of ether oxygens (including phenoxy) is 1. The summed E-state index contributed by atoms with van der Waals surface area (Å²) in [6, 6.07) is 7.14. The second-order valence-electron chi connectivity index (χ2n) is 3.24. The Morgan fingerprint density at radius 3 is 2.59 bits per heavy atom. The molecular formula is C12H12BrIO3. The minimum atomic E-state index is -0.959. The van der Waals surface area contributed by atoms with Crippen molar-refractivity contribution in [3.63, 3.8) is 0 Å². The molecule has 1 rings (SSSR count). The van der Waals surface area contributed by atoms with E-state index >= 15 is 0 Å². The van der Waals surface area contributed by atoms with Crippen molar-refractivity contribution in [3.05, 3.63) is 44.0 Å². The smallest absolute Gasteiger partial charge is 0.337 e. The van der Waals surface area contributed by atoms with Crippen LogP contribution in [0.2, 0.25) is 0 Å². The molecule has 0 aromatic heterocycles.